The van der Waals surface area contributed by atoms with Gasteiger partial charge in [-0.3, -0.25) is 19.5 Å². The smallest absolute Gasteiger partial charge is 0.231 e. The van der Waals surface area contributed by atoms with Gasteiger partial charge < -0.3 is 38.8 Å². The monoisotopic (exact) mass is 734 g/mol. The van der Waals surface area contributed by atoms with E-state index in [1.807, 2.05) is 0 Å². The molecule has 1 aromatic heterocycles. The quantitative estimate of drug-likeness (QED) is 0.252. The number of methoxy groups -OCH3 is 5. The number of amides is 1. The predicted octanol–water partition coefficient (Wildman–Crippen LogP) is 4.49. The van der Waals surface area contributed by atoms with Gasteiger partial charge in [0, 0.05) is 36.3 Å². The van der Waals surface area contributed by atoms with Gasteiger partial charge >= 0.3 is 0 Å². The fraction of sp³-hybridized carbons (Fsp3) is 0.387. The van der Waals surface area contributed by atoms with Gasteiger partial charge in [0.2, 0.25) is 27.8 Å². The number of aromatic amines is 1. The number of rotatable bonds is 11. The van der Waals surface area contributed by atoms with E-state index >= 15 is 0 Å². The van der Waals surface area contributed by atoms with Gasteiger partial charge in [-0.25, -0.2) is 4.98 Å². The Kier molecular flexibility index (Phi) is 9.59. The van der Waals surface area contributed by atoms with E-state index in [4.69, 9.17) is 40.0 Å². The van der Waals surface area contributed by atoms with Crippen LogP contribution >= 0.6 is 27.5 Å². The molecular weight excluding hydrogens is 704 g/mol. The fourth-order valence-corrected chi connectivity index (χ4v) is 6.59. The minimum atomic E-state index is -2.06. The number of halogens is 2. The number of aliphatic hydroxyl groups excluding tert-OH is 1. The molecule has 0 bridgehead atoms. The van der Waals surface area contributed by atoms with Gasteiger partial charge in [-0.1, -0.05) is 18.5 Å². The maximum atomic E-state index is 14.3. The van der Waals surface area contributed by atoms with Crippen molar-refractivity contribution in [3.63, 3.8) is 0 Å². The summed E-state index contributed by atoms with van der Waals surface area (Å²) in [6, 6.07) is 4.59. The number of ketones is 2. The Balaban J connectivity index is 1.68. The lowest BCUT2D eigenvalue weighted by Gasteiger charge is -2.38. The maximum Gasteiger partial charge on any atom is 0.231 e. The first kappa shape index (κ1) is 33.9. The number of nitrogens with one attached hydrogen (secondary N) is 2. The average molecular weight is 736 g/mol. The van der Waals surface area contributed by atoms with Crippen molar-refractivity contribution in [3.8, 4) is 34.5 Å². The second-order valence-electron chi connectivity index (χ2n) is 10.8. The molecule has 1 spiro atoms. The van der Waals surface area contributed by atoms with E-state index in [1.165, 1.54) is 41.6 Å². The zero-order valence-corrected chi connectivity index (χ0v) is 28.6. The summed E-state index contributed by atoms with van der Waals surface area (Å²) < 4.78 is 34.0. The third-order valence-corrected chi connectivity index (χ3v) is 9.01. The van der Waals surface area contributed by atoms with Gasteiger partial charge in [0.05, 0.1) is 42.1 Å². The molecule has 47 heavy (non-hydrogen) atoms. The molecule has 3 unspecified atom stereocenters. The van der Waals surface area contributed by atoms with Gasteiger partial charge in [0.1, 0.15) is 27.9 Å². The van der Waals surface area contributed by atoms with E-state index < -0.39 is 40.7 Å². The van der Waals surface area contributed by atoms with Gasteiger partial charge in [-0.15, -0.1) is 5.10 Å². The normalized spacial score (nSPS) is 19.3. The minimum absolute atomic E-state index is 0.00358. The van der Waals surface area contributed by atoms with Crippen molar-refractivity contribution in [1.29, 1.82) is 0 Å². The molecule has 3 aromatic rings. The molecule has 1 aliphatic carbocycles. The summed E-state index contributed by atoms with van der Waals surface area (Å²) in [6.07, 6.45) is -0.548. The van der Waals surface area contributed by atoms with E-state index in [0.29, 0.717) is 16.1 Å². The van der Waals surface area contributed by atoms with Crippen LogP contribution in [0.25, 0.3) is 0 Å². The van der Waals surface area contributed by atoms with Crippen molar-refractivity contribution < 1.29 is 47.9 Å². The zero-order valence-electron chi connectivity index (χ0n) is 26.3. The van der Waals surface area contributed by atoms with Crippen LogP contribution in [0.4, 0.5) is 0 Å². The average Bonchev–Trinajstić information content (AvgIpc) is 3.63. The SMILES string of the molecule is COc1cc(OC)c2c(c1Cl)OC1(C2=O)C(O)=C(C(CC(=O)NCc2nc(Br)n[nH]2)c2cc(OC)c(OC)c(OC)c2)C(=O)CC1C. The predicted molar refractivity (Wildman–Crippen MR) is 170 cm³/mol. The van der Waals surface area contributed by atoms with Crippen LogP contribution in [0.1, 0.15) is 47.4 Å². The molecule has 2 aromatic carbocycles. The number of H-pyrrole nitrogens is 1. The van der Waals surface area contributed by atoms with E-state index in [0.717, 1.165) is 0 Å². The Morgan fingerprint density at radius 1 is 1.09 bits per heavy atom. The number of allylic oxidation sites excluding steroid dienone is 1. The van der Waals surface area contributed by atoms with Crippen LogP contribution in [0.15, 0.2) is 34.3 Å². The first-order chi connectivity index (χ1) is 22.4. The number of hydrogen-bond acceptors (Lipinski definition) is 12. The molecule has 2 aliphatic rings. The first-order valence-electron chi connectivity index (χ1n) is 14.2. The number of ether oxygens (including phenoxy) is 6. The second kappa shape index (κ2) is 13.3. The van der Waals surface area contributed by atoms with Crippen molar-refractivity contribution in [1.82, 2.24) is 20.5 Å². The molecule has 3 N–H and O–H groups in total. The number of carbonyl (C=O) groups is 3. The topological polar surface area (TPSA) is 180 Å². The third-order valence-electron chi connectivity index (χ3n) is 8.30. The van der Waals surface area contributed by atoms with Gasteiger partial charge in [0.25, 0.3) is 0 Å². The van der Waals surface area contributed by atoms with Gasteiger partial charge in [-0.05, 0) is 33.6 Å². The Morgan fingerprint density at radius 2 is 1.72 bits per heavy atom. The zero-order chi connectivity index (χ0) is 34.2. The highest BCUT2D eigenvalue weighted by Gasteiger charge is 2.61. The minimum Gasteiger partial charge on any atom is -0.507 e. The van der Waals surface area contributed by atoms with E-state index in [2.05, 4.69) is 36.4 Å². The number of hydrogen-bond donors (Lipinski definition) is 3. The van der Waals surface area contributed by atoms with E-state index in [-0.39, 0.29) is 70.0 Å². The molecule has 0 saturated carbocycles. The second-order valence-corrected chi connectivity index (χ2v) is 11.9. The summed E-state index contributed by atoms with van der Waals surface area (Å²) in [5, 5.41) is 21.4. The van der Waals surface area contributed by atoms with Crippen LogP contribution in [-0.4, -0.2) is 78.9 Å². The molecule has 0 fully saturated rings. The van der Waals surface area contributed by atoms with Crippen molar-refractivity contribution in [3.05, 3.63) is 56.2 Å². The molecule has 2 heterocycles. The lowest BCUT2D eigenvalue weighted by Crippen LogP contribution is -2.53. The molecular formula is C31H32BrClN4O10. The number of fused-ring (bicyclic) bond motifs is 1. The molecule has 16 heteroatoms. The van der Waals surface area contributed by atoms with Crippen LogP contribution in [0.3, 0.4) is 0 Å². The molecule has 14 nitrogen and oxygen atoms in total. The van der Waals surface area contributed by atoms with Crippen molar-refractivity contribution in [2.45, 2.75) is 37.8 Å². The molecule has 0 saturated heterocycles. The molecule has 1 aliphatic heterocycles. The van der Waals surface area contributed by atoms with Crippen LogP contribution in [0.5, 0.6) is 34.5 Å². The lowest BCUT2D eigenvalue weighted by atomic mass is 9.69. The van der Waals surface area contributed by atoms with Crippen LogP contribution < -0.4 is 33.7 Å². The van der Waals surface area contributed by atoms with Crippen molar-refractivity contribution >= 4 is 45.0 Å². The summed E-state index contributed by atoms with van der Waals surface area (Å²) >= 11 is 9.74. The summed E-state index contributed by atoms with van der Waals surface area (Å²) in [5.41, 5.74) is -1.91. The van der Waals surface area contributed by atoms with E-state index in [1.54, 1.807) is 19.1 Å². The Hall–Kier alpha value is -4.50. The summed E-state index contributed by atoms with van der Waals surface area (Å²) in [4.78, 5) is 45.9. The number of carbonyl (C=O) groups excluding carboxylic acids is 3. The molecule has 250 valence electrons. The number of aliphatic hydroxyl groups is 1. The van der Waals surface area contributed by atoms with Gasteiger partial charge in [-0.2, -0.15) is 0 Å². The number of nitrogens with zero attached hydrogens (tertiary/aromatic N) is 2. The molecule has 0 radical (unpaired) electrons. The standard InChI is InChI=1S/C31H32BrClN4O10/c1-13-7-16(38)23(28(40)31(13)29(41)24-17(42-2)11-18(43-3)25(33)27(24)47-31)15(10-22(39)34-12-21-35-30(32)37-36-21)14-8-19(44-4)26(46-6)20(9-14)45-5/h8-9,11,13,15,40H,7,10,12H2,1-6H3,(H,34,39)(H,35,36,37). The van der Waals surface area contributed by atoms with Crippen LogP contribution in [0.2, 0.25) is 5.02 Å². The Bertz CT molecular complexity index is 1770. The third kappa shape index (κ3) is 5.71. The first-order valence-corrected chi connectivity index (χ1v) is 15.4. The van der Waals surface area contributed by atoms with Gasteiger partial charge in [0.15, 0.2) is 28.8 Å². The van der Waals surface area contributed by atoms with E-state index in [9.17, 15) is 19.5 Å². The molecule has 3 atom stereocenters. The number of Topliss-reactive ketones (excluding diaryl/α,β-unsaturated/α-hetero) is 2. The number of aromatic nitrogens is 3. The number of benzene rings is 2. The maximum absolute atomic E-state index is 14.3. The largest absolute Gasteiger partial charge is 0.507 e. The summed E-state index contributed by atoms with van der Waals surface area (Å²) in [6.45, 7) is 1.61. The Labute approximate surface area is 282 Å². The highest BCUT2D eigenvalue weighted by Crippen LogP contribution is 2.56. The highest BCUT2D eigenvalue weighted by molar-refractivity contribution is 9.10. The highest BCUT2D eigenvalue weighted by atomic mass is 79.9. The van der Waals surface area contributed by atoms with Crippen LogP contribution in [0, 0.1) is 5.92 Å². The van der Waals surface area contributed by atoms with Crippen LogP contribution in [-0.2, 0) is 16.1 Å². The van der Waals surface area contributed by atoms with Crippen molar-refractivity contribution in [2.24, 2.45) is 5.92 Å². The Morgan fingerprint density at radius 3 is 2.28 bits per heavy atom. The van der Waals surface area contributed by atoms with Crippen molar-refractivity contribution in [2.75, 3.05) is 35.5 Å². The lowest BCUT2D eigenvalue weighted by molar-refractivity contribution is -0.122. The molecule has 5 rings (SSSR count). The summed E-state index contributed by atoms with van der Waals surface area (Å²) in [5.74, 6) is -2.88. The fourth-order valence-electron chi connectivity index (χ4n) is 6.02. The summed E-state index contributed by atoms with van der Waals surface area (Å²) in [7, 11) is 7.04. The molecule has 1 amide bonds.